The Labute approximate surface area is 349 Å². The summed E-state index contributed by atoms with van der Waals surface area (Å²) in [6.07, 6.45) is 0.816. The average Bonchev–Trinajstić information content (AvgIpc) is 3.31. The summed E-state index contributed by atoms with van der Waals surface area (Å²) in [6.45, 7) is 18.0. The van der Waals surface area contributed by atoms with Gasteiger partial charge >= 0.3 is 7.12 Å². The minimum Gasteiger partial charge on any atom is -0.507 e. The molecule has 57 heavy (non-hydrogen) atoms. The summed E-state index contributed by atoms with van der Waals surface area (Å²) in [6, 6.07) is 10.8. The molecule has 0 aliphatic carbocycles. The molecule has 4 fully saturated rings. The second-order valence-electron chi connectivity index (χ2n) is 16.4. The summed E-state index contributed by atoms with van der Waals surface area (Å²) in [5.41, 5.74) is 3.92. The van der Waals surface area contributed by atoms with E-state index in [0.717, 1.165) is 31.1 Å². The average molecular weight is 914 g/mol. The van der Waals surface area contributed by atoms with E-state index < -0.39 is 29.5 Å². The van der Waals surface area contributed by atoms with E-state index in [1.165, 1.54) is 13.0 Å². The molecule has 0 bridgehead atoms. The van der Waals surface area contributed by atoms with Crippen LogP contribution in [0.2, 0.25) is 0 Å². The van der Waals surface area contributed by atoms with Gasteiger partial charge in [-0.1, -0.05) is 37.4 Å². The Balaban J connectivity index is 0.000000143. The predicted octanol–water partition coefficient (Wildman–Crippen LogP) is 6.77. The van der Waals surface area contributed by atoms with Crippen molar-refractivity contribution in [3.05, 3.63) is 78.7 Å². The van der Waals surface area contributed by atoms with Gasteiger partial charge in [-0.2, -0.15) is 0 Å². The number of ketones is 4. The SMILES string of the molecule is CC(=O)c1cc(C)c(Br)cc1O.Cc1cc2c(cc1B1OC(C)(C)C(C)(C)O1)OC1(COC1)CC2=O.Cc1cc2c(cc1Br)OC1(COC1)CC2=O.O=C1COC1. The van der Waals surface area contributed by atoms with Crippen LogP contribution in [0.3, 0.4) is 0 Å². The molecule has 4 saturated heterocycles. The number of hydrogen-bond donors (Lipinski definition) is 1. The fourth-order valence-electron chi connectivity index (χ4n) is 6.63. The molecule has 3 aromatic carbocycles. The van der Waals surface area contributed by atoms with Crippen LogP contribution >= 0.6 is 31.9 Å². The molecule has 6 aliphatic heterocycles. The number of phenols is 1. The third-order valence-electron chi connectivity index (χ3n) is 11.0. The van der Waals surface area contributed by atoms with Crippen LogP contribution in [0.25, 0.3) is 0 Å². The topological polar surface area (TPSA) is 153 Å². The van der Waals surface area contributed by atoms with Crippen LogP contribution in [0.15, 0.2) is 45.3 Å². The van der Waals surface area contributed by atoms with Gasteiger partial charge < -0.3 is 38.1 Å². The van der Waals surface area contributed by atoms with Gasteiger partial charge in [0, 0.05) is 8.95 Å². The largest absolute Gasteiger partial charge is 0.507 e. The Morgan fingerprint density at radius 2 is 1.11 bits per heavy atom. The maximum atomic E-state index is 12.5. The van der Waals surface area contributed by atoms with Crippen molar-refractivity contribution in [1.29, 1.82) is 0 Å². The van der Waals surface area contributed by atoms with E-state index in [4.69, 9.17) is 28.3 Å². The van der Waals surface area contributed by atoms with Crippen LogP contribution in [0, 0.1) is 20.8 Å². The molecule has 9 rings (SSSR count). The van der Waals surface area contributed by atoms with Crippen LogP contribution < -0.4 is 14.9 Å². The molecule has 304 valence electrons. The quantitative estimate of drug-likeness (QED) is 0.213. The molecule has 12 nitrogen and oxygen atoms in total. The molecule has 0 saturated carbocycles. The number of halogens is 2. The Morgan fingerprint density at radius 3 is 1.53 bits per heavy atom. The predicted molar refractivity (Wildman–Crippen MR) is 218 cm³/mol. The fourth-order valence-corrected chi connectivity index (χ4v) is 7.28. The highest BCUT2D eigenvalue weighted by atomic mass is 79.9. The van der Waals surface area contributed by atoms with Crippen molar-refractivity contribution in [3.8, 4) is 17.2 Å². The number of aromatic hydroxyl groups is 1. The first-order valence-electron chi connectivity index (χ1n) is 18.6. The van der Waals surface area contributed by atoms with E-state index in [9.17, 15) is 24.3 Å². The van der Waals surface area contributed by atoms with Gasteiger partial charge in [0.05, 0.1) is 67.2 Å². The van der Waals surface area contributed by atoms with Gasteiger partial charge in [0.2, 0.25) is 0 Å². The lowest BCUT2D eigenvalue weighted by Crippen LogP contribution is -2.57. The van der Waals surface area contributed by atoms with Crippen molar-refractivity contribution >= 4 is 67.6 Å². The summed E-state index contributed by atoms with van der Waals surface area (Å²) < 4.78 is 41.0. The Morgan fingerprint density at radius 1 is 0.667 bits per heavy atom. The van der Waals surface area contributed by atoms with E-state index in [-0.39, 0.29) is 28.9 Å². The Hall–Kier alpha value is -3.44. The Bertz CT molecular complexity index is 2100. The highest BCUT2D eigenvalue weighted by Gasteiger charge is 2.53. The van der Waals surface area contributed by atoms with Gasteiger partial charge in [0.15, 0.2) is 34.3 Å². The van der Waals surface area contributed by atoms with E-state index >= 15 is 0 Å². The molecular weight excluding hydrogens is 867 g/mol. The normalized spacial score (nSPS) is 20.9. The zero-order valence-corrected chi connectivity index (χ0v) is 36.6. The van der Waals surface area contributed by atoms with Crippen molar-refractivity contribution in [1.82, 2.24) is 0 Å². The monoisotopic (exact) mass is 912 g/mol. The molecule has 6 aliphatic rings. The first-order valence-corrected chi connectivity index (χ1v) is 20.2. The summed E-state index contributed by atoms with van der Waals surface area (Å²) >= 11 is 6.71. The van der Waals surface area contributed by atoms with Crippen LogP contribution in [0.1, 0.15) is 95.2 Å². The number of phenolic OH excluding ortho intramolecular Hbond substituents is 1. The zero-order valence-electron chi connectivity index (χ0n) is 33.4. The third-order valence-corrected chi connectivity index (χ3v) is 12.7. The van der Waals surface area contributed by atoms with Crippen molar-refractivity contribution in [2.24, 2.45) is 0 Å². The summed E-state index contributed by atoms with van der Waals surface area (Å²) in [5, 5.41) is 9.34. The lowest BCUT2D eigenvalue weighted by molar-refractivity contribution is -0.162. The number of aryl methyl sites for hydroxylation is 3. The number of benzene rings is 3. The van der Waals surface area contributed by atoms with Crippen LogP contribution in [-0.2, 0) is 28.3 Å². The number of carbonyl (C=O) groups excluding carboxylic acids is 4. The first-order chi connectivity index (χ1) is 26.6. The fraction of sp³-hybridized carbons (Fsp3) is 0.476. The maximum Gasteiger partial charge on any atom is 0.495 e. The van der Waals surface area contributed by atoms with Crippen LogP contribution in [0.5, 0.6) is 17.2 Å². The van der Waals surface area contributed by atoms with E-state index in [0.29, 0.717) is 80.7 Å². The number of rotatable bonds is 2. The molecule has 0 radical (unpaired) electrons. The van der Waals surface area contributed by atoms with E-state index in [1.807, 2.05) is 72.7 Å². The molecule has 0 aromatic heterocycles. The van der Waals surface area contributed by atoms with Crippen molar-refractivity contribution in [2.75, 3.05) is 39.6 Å². The molecule has 6 heterocycles. The standard InChI is InChI=1S/C18H23BO5.C12H11BrO3.C9H9BrO2.C3H4O2/c1-11-6-12-14(20)8-18(9-21-10-18)22-15(12)7-13(11)19-23-16(2,3)17(4,5)24-19;1-7-2-8-10(14)4-12(5-15-6-12)16-11(8)3-9(7)13;1-5-3-7(6(2)11)9(12)4-8(5)10;4-3-1-5-2-3/h6-7H,8-10H2,1-5H3;2-3H,4-6H2,1H3;3-4,12H,1-2H3;1-2H2. The zero-order chi connectivity index (χ0) is 41.7. The minimum atomic E-state index is -0.480. The number of Topliss-reactive ketones (excluding diaryl/α,β-unsaturated/α-hetero) is 4. The lowest BCUT2D eigenvalue weighted by Gasteiger charge is -2.44. The van der Waals surface area contributed by atoms with Gasteiger partial charge in [0.25, 0.3) is 0 Å². The first kappa shape index (κ1) is 43.2. The molecule has 15 heteroatoms. The molecular formula is C42H47BBr2O12. The van der Waals surface area contributed by atoms with Gasteiger partial charge in [-0.3, -0.25) is 19.2 Å². The number of ether oxygens (including phenoxy) is 5. The van der Waals surface area contributed by atoms with Crippen LogP contribution in [0.4, 0.5) is 0 Å². The maximum absolute atomic E-state index is 12.5. The van der Waals surface area contributed by atoms with Gasteiger partial charge in [0.1, 0.15) is 30.5 Å². The summed E-state index contributed by atoms with van der Waals surface area (Å²) in [7, 11) is -0.463. The lowest BCUT2D eigenvalue weighted by atomic mass is 9.74. The number of carbonyl (C=O) groups is 4. The van der Waals surface area contributed by atoms with Gasteiger partial charge in [-0.05, 0) is 108 Å². The molecule has 0 unspecified atom stereocenters. The van der Waals surface area contributed by atoms with E-state index in [1.54, 1.807) is 6.07 Å². The molecule has 0 atom stereocenters. The van der Waals surface area contributed by atoms with Gasteiger partial charge in [-0.15, -0.1) is 0 Å². The third kappa shape index (κ3) is 9.09. The molecule has 2 spiro atoms. The highest BCUT2D eigenvalue weighted by Crippen LogP contribution is 2.41. The summed E-state index contributed by atoms with van der Waals surface area (Å²) in [4.78, 5) is 45.2. The number of fused-ring (bicyclic) bond motifs is 2. The second-order valence-corrected chi connectivity index (χ2v) is 18.1. The Kier molecular flexibility index (Phi) is 12.3. The molecule has 3 aromatic rings. The van der Waals surface area contributed by atoms with Gasteiger partial charge in [-0.25, -0.2) is 0 Å². The number of hydrogen-bond acceptors (Lipinski definition) is 12. The van der Waals surface area contributed by atoms with Crippen molar-refractivity contribution in [3.63, 3.8) is 0 Å². The van der Waals surface area contributed by atoms with E-state index in [2.05, 4.69) is 36.6 Å². The van der Waals surface area contributed by atoms with Crippen molar-refractivity contribution < 1.29 is 57.3 Å². The summed E-state index contributed by atoms with van der Waals surface area (Å²) in [5.74, 6) is 1.68. The molecule has 1 N–H and O–H groups in total. The van der Waals surface area contributed by atoms with Crippen LogP contribution in [-0.4, -0.2) is 97.4 Å². The minimum absolute atomic E-state index is 0.0278. The smallest absolute Gasteiger partial charge is 0.495 e. The molecule has 0 amide bonds. The highest BCUT2D eigenvalue weighted by molar-refractivity contribution is 9.10. The second kappa shape index (κ2) is 16.3. The van der Waals surface area contributed by atoms with Crippen molar-refractivity contribution in [2.45, 2.75) is 90.6 Å².